The fraction of sp³-hybridized carbons (Fsp3) is 0.185. The zero-order chi connectivity index (χ0) is 23.7. The summed E-state index contributed by atoms with van der Waals surface area (Å²) in [6.45, 7) is 5.73. The number of aryl methyl sites for hydroxylation is 3. The van der Waals surface area contributed by atoms with Crippen LogP contribution in [0.4, 0.5) is 0 Å². The van der Waals surface area contributed by atoms with E-state index >= 15 is 0 Å². The van der Waals surface area contributed by atoms with Crippen LogP contribution >= 0.6 is 0 Å². The van der Waals surface area contributed by atoms with Crippen molar-refractivity contribution in [2.45, 2.75) is 20.8 Å². The van der Waals surface area contributed by atoms with E-state index in [1.54, 1.807) is 24.3 Å². The van der Waals surface area contributed by atoms with Crippen LogP contribution in [0.1, 0.15) is 27.0 Å². The van der Waals surface area contributed by atoms with Crippen molar-refractivity contribution in [3.63, 3.8) is 0 Å². The van der Waals surface area contributed by atoms with E-state index in [0.29, 0.717) is 16.5 Å². The van der Waals surface area contributed by atoms with Gasteiger partial charge < -0.3 is 18.6 Å². The van der Waals surface area contributed by atoms with Crippen molar-refractivity contribution >= 4 is 16.9 Å². The Bertz CT molecular complexity index is 1390. The van der Waals surface area contributed by atoms with E-state index in [4.69, 9.17) is 18.6 Å². The first-order valence-corrected chi connectivity index (χ1v) is 10.4. The normalized spacial score (nSPS) is 10.8. The summed E-state index contributed by atoms with van der Waals surface area (Å²) in [5.74, 6) is -0.245. The zero-order valence-corrected chi connectivity index (χ0v) is 19.1. The number of hydrogen-bond donors (Lipinski definition) is 0. The minimum atomic E-state index is -0.784. The molecule has 168 valence electrons. The van der Waals surface area contributed by atoms with Gasteiger partial charge in [0.05, 0.1) is 19.6 Å². The van der Waals surface area contributed by atoms with Crippen molar-refractivity contribution in [3.8, 4) is 28.6 Å². The van der Waals surface area contributed by atoms with Gasteiger partial charge in [0.15, 0.2) is 5.76 Å². The molecule has 0 aliphatic rings. The van der Waals surface area contributed by atoms with Crippen LogP contribution in [0.15, 0.2) is 63.8 Å². The standard InChI is InChI=1S/C27H24O6/c1-15-9-11-18(12-10-15)25-26(23(28)19-14-16(2)13-17(3)24(19)32-25)33-27(29)22-20(30-4)7-6-8-21(22)31-5/h6-14H,1-5H3. The number of ether oxygens (including phenoxy) is 3. The largest absolute Gasteiger partial charge is 0.496 e. The third-order valence-corrected chi connectivity index (χ3v) is 5.42. The van der Waals surface area contributed by atoms with Crippen molar-refractivity contribution < 1.29 is 23.4 Å². The van der Waals surface area contributed by atoms with Crippen LogP contribution < -0.4 is 19.6 Å². The van der Waals surface area contributed by atoms with Gasteiger partial charge in [-0.2, -0.15) is 0 Å². The van der Waals surface area contributed by atoms with Crippen LogP contribution in [0, 0.1) is 20.8 Å². The third-order valence-electron chi connectivity index (χ3n) is 5.42. The summed E-state index contributed by atoms with van der Waals surface area (Å²) in [5.41, 5.74) is 3.49. The first-order valence-electron chi connectivity index (χ1n) is 10.4. The van der Waals surface area contributed by atoms with Gasteiger partial charge in [-0.1, -0.05) is 42.0 Å². The number of fused-ring (bicyclic) bond motifs is 1. The monoisotopic (exact) mass is 444 g/mol. The molecule has 0 aliphatic carbocycles. The van der Waals surface area contributed by atoms with E-state index in [9.17, 15) is 9.59 Å². The number of esters is 1. The Kier molecular flexibility index (Phi) is 5.92. The molecule has 0 radical (unpaired) electrons. The average molecular weight is 444 g/mol. The molecule has 0 unspecified atom stereocenters. The topological polar surface area (TPSA) is 75.0 Å². The van der Waals surface area contributed by atoms with Gasteiger partial charge >= 0.3 is 5.97 Å². The lowest BCUT2D eigenvalue weighted by molar-refractivity contribution is 0.0724. The maximum absolute atomic E-state index is 13.6. The van der Waals surface area contributed by atoms with Gasteiger partial charge in [0.25, 0.3) is 0 Å². The Hall–Kier alpha value is -4.06. The summed E-state index contributed by atoms with van der Waals surface area (Å²) >= 11 is 0. The van der Waals surface area contributed by atoms with Gasteiger partial charge in [-0.15, -0.1) is 0 Å². The zero-order valence-electron chi connectivity index (χ0n) is 19.1. The smallest absolute Gasteiger partial charge is 0.351 e. The summed E-state index contributed by atoms with van der Waals surface area (Å²) in [4.78, 5) is 26.8. The summed E-state index contributed by atoms with van der Waals surface area (Å²) < 4.78 is 22.6. The van der Waals surface area contributed by atoms with Crippen LogP contribution in [0.25, 0.3) is 22.3 Å². The number of methoxy groups -OCH3 is 2. The van der Waals surface area contributed by atoms with Gasteiger partial charge in [0, 0.05) is 5.56 Å². The molecule has 0 N–H and O–H groups in total. The molecule has 1 aromatic heterocycles. The molecule has 3 aromatic carbocycles. The quantitative estimate of drug-likeness (QED) is 0.372. The summed E-state index contributed by atoms with van der Waals surface area (Å²) in [6, 6.07) is 16.1. The molecule has 0 spiro atoms. The van der Waals surface area contributed by atoms with E-state index in [0.717, 1.165) is 16.7 Å². The second-order valence-corrected chi connectivity index (χ2v) is 7.84. The molecule has 6 nitrogen and oxygen atoms in total. The maximum Gasteiger partial charge on any atom is 0.351 e. The highest BCUT2D eigenvalue weighted by Crippen LogP contribution is 2.35. The molecule has 0 fully saturated rings. The van der Waals surface area contributed by atoms with Gasteiger partial charge in [-0.3, -0.25) is 4.79 Å². The molecule has 0 atom stereocenters. The second-order valence-electron chi connectivity index (χ2n) is 7.84. The molecule has 6 heteroatoms. The van der Waals surface area contributed by atoms with Crippen LogP contribution in [-0.4, -0.2) is 20.2 Å². The van der Waals surface area contributed by atoms with Gasteiger partial charge in [0.2, 0.25) is 11.2 Å². The Morgan fingerprint density at radius 2 is 1.48 bits per heavy atom. The lowest BCUT2D eigenvalue weighted by Gasteiger charge is -2.15. The van der Waals surface area contributed by atoms with Crippen molar-refractivity contribution in [1.82, 2.24) is 0 Å². The Balaban J connectivity index is 1.96. The van der Waals surface area contributed by atoms with Crippen LogP contribution in [0.2, 0.25) is 0 Å². The highest BCUT2D eigenvalue weighted by Gasteiger charge is 2.26. The Morgan fingerprint density at radius 1 is 0.848 bits per heavy atom. The molecule has 0 saturated carbocycles. The number of hydrogen-bond acceptors (Lipinski definition) is 6. The Morgan fingerprint density at radius 3 is 2.09 bits per heavy atom. The molecule has 0 aliphatic heterocycles. The molecule has 1 heterocycles. The predicted molar refractivity (Wildman–Crippen MR) is 127 cm³/mol. The minimum Gasteiger partial charge on any atom is -0.496 e. The van der Waals surface area contributed by atoms with E-state index in [1.807, 2.05) is 51.1 Å². The molecule has 0 saturated heterocycles. The van der Waals surface area contributed by atoms with E-state index in [-0.39, 0.29) is 28.6 Å². The molecule has 0 amide bonds. The highest BCUT2D eigenvalue weighted by molar-refractivity contribution is 5.98. The highest BCUT2D eigenvalue weighted by atomic mass is 16.5. The molecule has 4 rings (SSSR count). The van der Waals surface area contributed by atoms with Crippen molar-refractivity contribution in [3.05, 3.63) is 87.1 Å². The lowest BCUT2D eigenvalue weighted by Crippen LogP contribution is -2.18. The number of carbonyl (C=O) groups is 1. The van der Waals surface area contributed by atoms with Gasteiger partial charge in [-0.25, -0.2) is 4.79 Å². The number of rotatable bonds is 5. The first-order chi connectivity index (χ1) is 15.8. The van der Waals surface area contributed by atoms with E-state index in [2.05, 4.69) is 0 Å². The molecule has 0 bridgehead atoms. The SMILES string of the molecule is COc1cccc(OC)c1C(=O)Oc1c(-c2ccc(C)cc2)oc2c(C)cc(C)cc2c1=O. The minimum absolute atomic E-state index is 0.0808. The third kappa shape index (κ3) is 4.07. The van der Waals surface area contributed by atoms with Crippen LogP contribution in [0.3, 0.4) is 0 Å². The summed E-state index contributed by atoms with van der Waals surface area (Å²) in [6.07, 6.45) is 0. The fourth-order valence-electron chi connectivity index (χ4n) is 3.82. The summed E-state index contributed by atoms with van der Waals surface area (Å²) in [5, 5.41) is 0.346. The molecular formula is C27H24O6. The van der Waals surface area contributed by atoms with Crippen molar-refractivity contribution in [2.24, 2.45) is 0 Å². The van der Waals surface area contributed by atoms with Crippen molar-refractivity contribution in [1.29, 1.82) is 0 Å². The maximum atomic E-state index is 13.6. The molecule has 33 heavy (non-hydrogen) atoms. The van der Waals surface area contributed by atoms with E-state index < -0.39 is 11.4 Å². The second kappa shape index (κ2) is 8.82. The fourth-order valence-corrected chi connectivity index (χ4v) is 3.82. The number of carbonyl (C=O) groups excluding carboxylic acids is 1. The van der Waals surface area contributed by atoms with Crippen molar-refractivity contribution in [2.75, 3.05) is 14.2 Å². The predicted octanol–water partition coefficient (Wildman–Crippen LogP) is 5.62. The van der Waals surface area contributed by atoms with Gasteiger partial charge in [-0.05, 0) is 50.1 Å². The van der Waals surface area contributed by atoms with Gasteiger partial charge in [0.1, 0.15) is 22.6 Å². The Labute approximate surface area is 191 Å². The average Bonchev–Trinajstić information content (AvgIpc) is 2.81. The molecular weight excluding hydrogens is 420 g/mol. The van der Waals surface area contributed by atoms with E-state index in [1.165, 1.54) is 14.2 Å². The lowest BCUT2D eigenvalue weighted by atomic mass is 10.0. The van der Waals surface area contributed by atoms with Crippen LogP contribution in [0.5, 0.6) is 17.2 Å². The number of benzene rings is 3. The summed E-state index contributed by atoms with van der Waals surface area (Å²) in [7, 11) is 2.89. The molecule has 4 aromatic rings. The van der Waals surface area contributed by atoms with Crippen LogP contribution in [-0.2, 0) is 0 Å². The first kappa shape index (κ1) is 22.1.